The van der Waals surface area contributed by atoms with Gasteiger partial charge in [-0.1, -0.05) is 43.3 Å². The molecule has 0 saturated carbocycles. The third kappa shape index (κ3) is 2.59. The second-order valence-corrected chi connectivity index (χ2v) is 4.81. The van der Waals surface area contributed by atoms with Crippen LogP contribution in [0.25, 0.3) is 0 Å². The highest BCUT2D eigenvalue weighted by Crippen LogP contribution is 2.32. The monoisotopic (exact) mass is 231 g/mol. The molecule has 0 radical (unpaired) electrons. The highest BCUT2D eigenvalue weighted by molar-refractivity contribution is 5.32. The van der Waals surface area contributed by atoms with E-state index in [4.69, 9.17) is 0 Å². The lowest BCUT2D eigenvalue weighted by atomic mass is 9.84. The maximum atomic E-state index is 10.7. The summed E-state index contributed by atoms with van der Waals surface area (Å²) in [5.41, 5.74) is 1.31. The summed E-state index contributed by atoms with van der Waals surface area (Å²) in [6.07, 6.45) is 3.13. The van der Waals surface area contributed by atoms with Crippen molar-refractivity contribution in [1.29, 1.82) is 0 Å². The van der Waals surface area contributed by atoms with E-state index in [1.807, 2.05) is 37.3 Å². The number of aliphatic hydroxyl groups is 1. The summed E-state index contributed by atoms with van der Waals surface area (Å²) < 4.78 is 0. The molecule has 1 heterocycles. The quantitative estimate of drug-likeness (QED) is 0.808. The smallest absolute Gasteiger partial charge is 0.108 e. The topological polar surface area (TPSA) is 23.5 Å². The van der Waals surface area contributed by atoms with E-state index in [9.17, 15) is 5.11 Å². The average molecular weight is 231 g/mol. The summed E-state index contributed by atoms with van der Waals surface area (Å²) in [7, 11) is 0. The zero-order chi connectivity index (χ0) is 12.3. The average Bonchev–Trinajstić information content (AvgIpc) is 2.40. The van der Waals surface area contributed by atoms with Crippen molar-refractivity contribution >= 4 is 0 Å². The van der Waals surface area contributed by atoms with Crippen molar-refractivity contribution in [3.8, 4) is 0 Å². The number of rotatable bonds is 3. The molecule has 2 nitrogen and oxygen atoms in total. The predicted molar refractivity (Wildman–Crippen MR) is 70.8 cm³/mol. The second-order valence-electron chi connectivity index (χ2n) is 4.81. The van der Waals surface area contributed by atoms with E-state index in [2.05, 4.69) is 17.9 Å². The summed E-state index contributed by atoms with van der Waals surface area (Å²) in [4.78, 5) is 2.38. The van der Waals surface area contributed by atoms with E-state index in [0.29, 0.717) is 0 Å². The van der Waals surface area contributed by atoms with Crippen molar-refractivity contribution in [2.24, 2.45) is 0 Å². The van der Waals surface area contributed by atoms with E-state index in [1.54, 1.807) is 0 Å². The number of likely N-dealkylation sites (N-methyl/N-ethyl adjacent to an activating group) is 1. The van der Waals surface area contributed by atoms with Crippen LogP contribution < -0.4 is 0 Å². The minimum absolute atomic E-state index is 0.818. The van der Waals surface area contributed by atoms with E-state index < -0.39 is 5.60 Å². The Morgan fingerprint density at radius 2 is 2.00 bits per heavy atom. The van der Waals surface area contributed by atoms with Gasteiger partial charge in [0, 0.05) is 13.1 Å². The Labute approximate surface area is 104 Å². The molecule has 0 aromatic heterocycles. The predicted octanol–water partition coefficient (Wildman–Crippen LogP) is 2.55. The lowest BCUT2D eigenvalue weighted by molar-refractivity contribution is 0.0877. The summed E-state index contributed by atoms with van der Waals surface area (Å²) >= 11 is 0. The minimum atomic E-state index is -0.818. The van der Waals surface area contributed by atoms with Crippen molar-refractivity contribution < 1.29 is 5.11 Å². The lowest BCUT2D eigenvalue weighted by Gasteiger charge is -2.33. The lowest BCUT2D eigenvalue weighted by Crippen LogP contribution is -2.34. The molecule has 0 aliphatic carbocycles. The number of benzene rings is 1. The Morgan fingerprint density at radius 1 is 1.29 bits per heavy atom. The zero-order valence-corrected chi connectivity index (χ0v) is 10.7. The van der Waals surface area contributed by atoms with Crippen LogP contribution in [0.3, 0.4) is 0 Å². The Bertz CT molecular complexity index is 395. The molecule has 0 bridgehead atoms. The molecule has 92 valence electrons. The Hall–Kier alpha value is -1.12. The molecule has 1 aliphatic heterocycles. The van der Waals surface area contributed by atoms with Crippen molar-refractivity contribution in [2.75, 3.05) is 19.6 Å². The van der Waals surface area contributed by atoms with Crippen LogP contribution in [-0.4, -0.2) is 29.6 Å². The van der Waals surface area contributed by atoms with E-state index >= 15 is 0 Å². The Balaban J connectivity index is 2.20. The van der Waals surface area contributed by atoms with Gasteiger partial charge in [-0.05, 0) is 31.0 Å². The first kappa shape index (κ1) is 12.3. The fraction of sp³-hybridized carbons (Fsp3) is 0.467. The minimum Gasteiger partial charge on any atom is -0.381 e. The number of nitrogens with zero attached hydrogens (tertiary/aromatic N) is 1. The van der Waals surface area contributed by atoms with Gasteiger partial charge >= 0.3 is 0 Å². The van der Waals surface area contributed by atoms with Crippen LogP contribution in [0, 0.1) is 0 Å². The Kier molecular flexibility index (Phi) is 3.65. The van der Waals surface area contributed by atoms with Crippen molar-refractivity contribution in [2.45, 2.75) is 25.9 Å². The molecule has 2 rings (SSSR count). The van der Waals surface area contributed by atoms with Crippen LogP contribution in [-0.2, 0) is 5.60 Å². The zero-order valence-electron chi connectivity index (χ0n) is 10.7. The Morgan fingerprint density at radius 3 is 2.53 bits per heavy atom. The van der Waals surface area contributed by atoms with Gasteiger partial charge in [0.2, 0.25) is 0 Å². The first-order valence-corrected chi connectivity index (χ1v) is 6.34. The largest absolute Gasteiger partial charge is 0.381 e. The molecule has 0 spiro atoms. The van der Waals surface area contributed by atoms with Gasteiger partial charge < -0.3 is 5.11 Å². The van der Waals surface area contributed by atoms with Gasteiger partial charge in [0.1, 0.15) is 5.60 Å². The van der Waals surface area contributed by atoms with Crippen LogP contribution in [0.2, 0.25) is 0 Å². The molecule has 0 fully saturated rings. The van der Waals surface area contributed by atoms with Crippen LogP contribution in [0.1, 0.15) is 25.8 Å². The maximum Gasteiger partial charge on any atom is 0.108 e. The molecule has 0 amide bonds. The second kappa shape index (κ2) is 5.03. The maximum absolute atomic E-state index is 10.7. The van der Waals surface area contributed by atoms with Crippen molar-refractivity contribution in [3.05, 3.63) is 47.5 Å². The van der Waals surface area contributed by atoms with E-state index in [0.717, 1.165) is 37.2 Å². The highest BCUT2D eigenvalue weighted by atomic mass is 16.3. The van der Waals surface area contributed by atoms with Crippen LogP contribution in [0.15, 0.2) is 42.0 Å². The normalized spacial score (nSPS) is 20.8. The van der Waals surface area contributed by atoms with E-state index in [1.165, 1.54) is 0 Å². The SMILES string of the molecule is CCN1CC=C(C(C)(O)c2ccccc2)CC1. The first-order chi connectivity index (χ1) is 8.14. The van der Waals surface area contributed by atoms with Gasteiger partial charge in [0.05, 0.1) is 0 Å². The van der Waals surface area contributed by atoms with Crippen LogP contribution in [0.5, 0.6) is 0 Å². The molecule has 17 heavy (non-hydrogen) atoms. The van der Waals surface area contributed by atoms with Crippen LogP contribution in [0.4, 0.5) is 0 Å². The highest BCUT2D eigenvalue weighted by Gasteiger charge is 2.29. The molecular weight excluding hydrogens is 210 g/mol. The molecule has 0 saturated heterocycles. The van der Waals surface area contributed by atoms with Gasteiger partial charge in [0.25, 0.3) is 0 Å². The molecule has 1 unspecified atom stereocenters. The van der Waals surface area contributed by atoms with Crippen LogP contribution >= 0.6 is 0 Å². The third-order valence-electron chi connectivity index (χ3n) is 3.70. The third-order valence-corrected chi connectivity index (χ3v) is 3.70. The van der Waals surface area contributed by atoms with E-state index in [-0.39, 0.29) is 0 Å². The summed E-state index contributed by atoms with van der Waals surface area (Å²) in [5.74, 6) is 0. The van der Waals surface area contributed by atoms with Crippen molar-refractivity contribution in [3.63, 3.8) is 0 Å². The van der Waals surface area contributed by atoms with Gasteiger partial charge in [-0.3, -0.25) is 4.90 Å². The summed E-state index contributed by atoms with van der Waals surface area (Å²) in [6.45, 7) is 7.15. The van der Waals surface area contributed by atoms with Crippen molar-refractivity contribution in [1.82, 2.24) is 4.90 Å². The number of hydrogen-bond acceptors (Lipinski definition) is 2. The van der Waals surface area contributed by atoms with Gasteiger partial charge in [-0.2, -0.15) is 0 Å². The molecule has 1 N–H and O–H groups in total. The fourth-order valence-electron chi connectivity index (χ4n) is 2.39. The van der Waals surface area contributed by atoms with Gasteiger partial charge in [-0.25, -0.2) is 0 Å². The summed E-state index contributed by atoms with van der Waals surface area (Å²) in [6, 6.07) is 9.92. The molecule has 1 aromatic rings. The fourth-order valence-corrected chi connectivity index (χ4v) is 2.39. The molecule has 2 heteroatoms. The van der Waals surface area contributed by atoms with Gasteiger partial charge in [0.15, 0.2) is 0 Å². The summed E-state index contributed by atoms with van der Waals surface area (Å²) in [5, 5.41) is 10.7. The molecule has 1 aromatic carbocycles. The number of hydrogen-bond donors (Lipinski definition) is 1. The molecule has 1 atom stereocenters. The first-order valence-electron chi connectivity index (χ1n) is 6.34. The molecular formula is C15H21NO. The standard InChI is InChI=1S/C15H21NO/c1-3-16-11-9-14(10-12-16)15(2,17)13-7-5-4-6-8-13/h4-9,17H,3,10-12H2,1-2H3. The molecule has 1 aliphatic rings. The van der Waals surface area contributed by atoms with Gasteiger partial charge in [-0.15, -0.1) is 0 Å².